The van der Waals surface area contributed by atoms with Gasteiger partial charge in [-0.3, -0.25) is 9.79 Å². The van der Waals surface area contributed by atoms with Crippen molar-refractivity contribution in [2.75, 3.05) is 21.3 Å². The number of Topliss-reactive ketones (excluding diaryl/α,β-unsaturated/α-hetero) is 1. The minimum absolute atomic E-state index is 0.00602. The molecule has 0 bridgehead atoms. The lowest BCUT2D eigenvalue weighted by molar-refractivity contribution is 0.0943. The molecule has 1 aliphatic heterocycles. The normalized spacial score (nSPS) is 20.3. The molecule has 0 radical (unpaired) electrons. The van der Waals surface area contributed by atoms with Crippen LogP contribution < -0.4 is 14.2 Å². The molecule has 0 aromatic heterocycles. The SMILES string of the molecule is COc1cc2c(c(OC)c1OC)C(=O)C1(C2)C(C)=Nc2ccccc21. The highest BCUT2D eigenvalue weighted by atomic mass is 16.5. The third-order valence-corrected chi connectivity index (χ3v) is 5.25. The third kappa shape index (κ3) is 1.83. The molecular formula is C20H19NO4. The van der Waals surface area contributed by atoms with E-state index >= 15 is 0 Å². The summed E-state index contributed by atoms with van der Waals surface area (Å²) in [5, 5.41) is 0. The van der Waals surface area contributed by atoms with E-state index in [2.05, 4.69) is 4.99 Å². The molecule has 2 aromatic carbocycles. The minimum atomic E-state index is -0.760. The van der Waals surface area contributed by atoms with Crippen LogP contribution in [-0.2, 0) is 11.8 Å². The summed E-state index contributed by atoms with van der Waals surface area (Å²) in [5.41, 5.74) is 3.32. The standard InChI is InChI=1S/C20H19NO4/c1-11-20(13-7-5-6-8-14(13)21-11)10-12-9-15(23-2)17(24-3)18(25-4)16(12)19(20)22/h5-9H,10H2,1-4H3. The number of para-hydroxylation sites is 1. The van der Waals surface area contributed by atoms with E-state index in [1.807, 2.05) is 37.3 Å². The molecule has 0 saturated carbocycles. The van der Waals surface area contributed by atoms with Crippen LogP contribution >= 0.6 is 0 Å². The molecule has 5 heteroatoms. The second-order valence-electron chi connectivity index (χ2n) is 6.31. The highest BCUT2D eigenvalue weighted by Gasteiger charge is 2.54. The number of hydrogen-bond donors (Lipinski definition) is 0. The van der Waals surface area contributed by atoms with E-state index in [0.717, 1.165) is 22.5 Å². The summed E-state index contributed by atoms with van der Waals surface area (Å²) >= 11 is 0. The summed E-state index contributed by atoms with van der Waals surface area (Å²) in [5.74, 6) is 1.43. The van der Waals surface area contributed by atoms with Gasteiger partial charge in [0.1, 0.15) is 5.41 Å². The Kier molecular flexibility index (Phi) is 3.35. The molecule has 1 unspecified atom stereocenters. The zero-order valence-corrected chi connectivity index (χ0v) is 14.7. The third-order valence-electron chi connectivity index (χ3n) is 5.25. The first-order chi connectivity index (χ1) is 12.1. The predicted molar refractivity (Wildman–Crippen MR) is 95.0 cm³/mol. The lowest BCUT2D eigenvalue weighted by Gasteiger charge is -2.23. The van der Waals surface area contributed by atoms with Crippen molar-refractivity contribution >= 4 is 17.2 Å². The van der Waals surface area contributed by atoms with Crippen molar-refractivity contribution in [3.8, 4) is 17.2 Å². The van der Waals surface area contributed by atoms with Crippen molar-refractivity contribution in [2.24, 2.45) is 4.99 Å². The Labute approximate surface area is 146 Å². The molecule has 5 nitrogen and oxygen atoms in total. The second-order valence-corrected chi connectivity index (χ2v) is 6.31. The fourth-order valence-corrected chi connectivity index (χ4v) is 4.09. The number of nitrogens with zero attached hydrogens (tertiary/aromatic N) is 1. The Hall–Kier alpha value is -2.82. The Bertz CT molecular complexity index is 932. The van der Waals surface area contributed by atoms with Crippen LogP contribution in [0.4, 0.5) is 5.69 Å². The van der Waals surface area contributed by atoms with E-state index in [1.54, 1.807) is 21.3 Å². The van der Waals surface area contributed by atoms with Crippen molar-refractivity contribution < 1.29 is 19.0 Å². The summed E-state index contributed by atoms with van der Waals surface area (Å²) in [6, 6.07) is 9.69. The van der Waals surface area contributed by atoms with E-state index < -0.39 is 5.41 Å². The van der Waals surface area contributed by atoms with Gasteiger partial charge in [0.05, 0.1) is 32.6 Å². The van der Waals surface area contributed by atoms with Gasteiger partial charge in [0.15, 0.2) is 17.3 Å². The fourth-order valence-electron chi connectivity index (χ4n) is 4.09. The molecule has 1 atom stereocenters. The van der Waals surface area contributed by atoms with Gasteiger partial charge in [0.25, 0.3) is 0 Å². The Morgan fingerprint density at radius 1 is 1.04 bits per heavy atom. The van der Waals surface area contributed by atoms with Crippen LogP contribution in [0.5, 0.6) is 17.2 Å². The molecule has 0 N–H and O–H groups in total. The van der Waals surface area contributed by atoms with Crippen molar-refractivity contribution in [2.45, 2.75) is 18.8 Å². The van der Waals surface area contributed by atoms with Gasteiger partial charge in [-0.25, -0.2) is 0 Å². The van der Waals surface area contributed by atoms with Crippen molar-refractivity contribution in [3.63, 3.8) is 0 Å². The monoisotopic (exact) mass is 337 g/mol. The van der Waals surface area contributed by atoms with E-state index in [4.69, 9.17) is 14.2 Å². The van der Waals surface area contributed by atoms with Crippen LogP contribution in [0.1, 0.15) is 28.4 Å². The molecule has 25 heavy (non-hydrogen) atoms. The molecule has 0 amide bonds. The van der Waals surface area contributed by atoms with Crippen molar-refractivity contribution in [1.29, 1.82) is 0 Å². The van der Waals surface area contributed by atoms with Crippen LogP contribution in [0.25, 0.3) is 0 Å². The molecule has 1 spiro atoms. The van der Waals surface area contributed by atoms with Gasteiger partial charge in [-0.2, -0.15) is 0 Å². The summed E-state index contributed by atoms with van der Waals surface area (Å²) in [6.45, 7) is 1.92. The van der Waals surface area contributed by atoms with Crippen LogP contribution in [0.15, 0.2) is 35.3 Å². The number of ether oxygens (including phenoxy) is 3. The summed E-state index contributed by atoms with van der Waals surface area (Å²) in [4.78, 5) is 18.2. The largest absolute Gasteiger partial charge is 0.493 e. The van der Waals surface area contributed by atoms with Gasteiger partial charge in [-0.1, -0.05) is 18.2 Å². The van der Waals surface area contributed by atoms with Gasteiger partial charge < -0.3 is 14.2 Å². The summed E-state index contributed by atoms with van der Waals surface area (Å²) in [7, 11) is 4.66. The summed E-state index contributed by atoms with van der Waals surface area (Å²) < 4.78 is 16.4. The first kappa shape index (κ1) is 15.7. The average Bonchev–Trinajstić information content (AvgIpc) is 3.09. The quantitative estimate of drug-likeness (QED) is 0.860. The van der Waals surface area contributed by atoms with Gasteiger partial charge >= 0.3 is 0 Å². The number of hydrogen-bond acceptors (Lipinski definition) is 5. The molecule has 4 rings (SSSR count). The Morgan fingerprint density at radius 3 is 2.44 bits per heavy atom. The van der Waals surface area contributed by atoms with Crippen LogP contribution in [0.3, 0.4) is 0 Å². The van der Waals surface area contributed by atoms with Crippen LogP contribution in [0.2, 0.25) is 0 Å². The van der Waals surface area contributed by atoms with Gasteiger partial charge in [0.2, 0.25) is 5.75 Å². The number of carbonyl (C=O) groups excluding carboxylic acids is 1. The number of fused-ring (bicyclic) bond motifs is 3. The number of rotatable bonds is 3. The first-order valence-corrected chi connectivity index (χ1v) is 8.10. The average molecular weight is 337 g/mol. The van der Waals surface area contributed by atoms with Crippen molar-refractivity contribution in [1.82, 2.24) is 0 Å². The maximum atomic E-state index is 13.6. The van der Waals surface area contributed by atoms with Crippen molar-refractivity contribution in [3.05, 3.63) is 47.0 Å². The Morgan fingerprint density at radius 2 is 1.76 bits per heavy atom. The Balaban J connectivity index is 1.99. The number of methoxy groups -OCH3 is 3. The second kappa shape index (κ2) is 5.34. The highest BCUT2D eigenvalue weighted by Crippen LogP contribution is 2.54. The maximum absolute atomic E-state index is 13.6. The topological polar surface area (TPSA) is 57.1 Å². The molecule has 0 fully saturated rings. The molecular weight excluding hydrogens is 318 g/mol. The van der Waals surface area contributed by atoms with Crippen LogP contribution in [-0.4, -0.2) is 32.8 Å². The molecule has 1 aliphatic carbocycles. The van der Waals surface area contributed by atoms with Crippen LogP contribution in [0, 0.1) is 0 Å². The zero-order valence-electron chi connectivity index (χ0n) is 14.7. The van der Waals surface area contributed by atoms with Gasteiger partial charge in [-0.15, -0.1) is 0 Å². The van der Waals surface area contributed by atoms with Gasteiger partial charge in [-0.05, 0) is 36.6 Å². The predicted octanol–water partition coefficient (Wildman–Crippen LogP) is 3.50. The first-order valence-electron chi connectivity index (χ1n) is 8.10. The highest BCUT2D eigenvalue weighted by molar-refractivity contribution is 6.27. The van der Waals surface area contributed by atoms with E-state index in [1.165, 1.54) is 0 Å². The molecule has 128 valence electrons. The lowest BCUT2D eigenvalue weighted by atomic mass is 9.74. The lowest BCUT2D eigenvalue weighted by Crippen LogP contribution is -2.38. The molecule has 2 aliphatic rings. The summed E-state index contributed by atoms with van der Waals surface area (Å²) in [6.07, 6.45) is 0.546. The van der Waals surface area contributed by atoms with E-state index in [0.29, 0.717) is 29.2 Å². The molecule has 1 heterocycles. The fraction of sp³-hybridized carbons (Fsp3) is 0.300. The van der Waals surface area contributed by atoms with E-state index in [-0.39, 0.29) is 5.78 Å². The zero-order chi connectivity index (χ0) is 17.8. The number of benzene rings is 2. The minimum Gasteiger partial charge on any atom is -0.493 e. The van der Waals surface area contributed by atoms with E-state index in [9.17, 15) is 4.79 Å². The number of aliphatic imine (C=N–C) groups is 1. The number of ketones is 1. The molecule has 0 saturated heterocycles. The van der Waals surface area contributed by atoms with Gasteiger partial charge in [0, 0.05) is 5.71 Å². The smallest absolute Gasteiger partial charge is 0.204 e. The molecule has 2 aromatic rings. The maximum Gasteiger partial charge on any atom is 0.204 e. The number of carbonyl (C=O) groups is 1.